The lowest BCUT2D eigenvalue weighted by atomic mass is 9.92. The highest BCUT2D eigenvalue weighted by Gasteiger charge is 2.58. The second kappa shape index (κ2) is 8.37. The van der Waals surface area contributed by atoms with Gasteiger partial charge in [0, 0.05) is 34.5 Å². The number of amides is 2. The van der Waals surface area contributed by atoms with Crippen molar-refractivity contribution in [3.63, 3.8) is 0 Å². The van der Waals surface area contributed by atoms with Crippen LogP contribution in [0.4, 0.5) is 0 Å². The van der Waals surface area contributed by atoms with Gasteiger partial charge in [0.2, 0.25) is 11.8 Å². The van der Waals surface area contributed by atoms with Crippen LogP contribution in [-0.4, -0.2) is 52.0 Å². The molecule has 2 aromatic heterocycles. The zero-order chi connectivity index (χ0) is 23.6. The summed E-state index contributed by atoms with van der Waals surface area (Å²) in [6.45, 7) is 6.07. The molecule has 0 bridgehead atoms. The van der Waals surface area contributed by atoms with Crippen molar-refractivity contribution in [3.8, 4) is 11.3 Å². The summed E-state index contributed by atoms with van der Waals surface area (Å²) in [5, 5.41) is 4.14. The molecule has 9 heteroatoms. The summed E-state index contributed by atoms with van der Waals surface area (Å²) in [5.74, 6) is -0.260. The number of halogens is 1. The fraction of sp³-hybridized carbons (Fsp3) is 0.440. The number of fused-ring (bicyclic) bond motifs is 2. The van der Waals surface area contributed by atoms with Gasteiger partial charge in [0.05, 0.1) is 47.0 Å². The van der Waals surface area contributed by atoms with Gasteiger partial charge in [-0.3, -0.25) is 14.5 Å². The molecule has 1 N–H and O–H groups in total. The van der Waals surface area contributed by atoms with Gasteiger partial charge in [0.25, 0.3) is 0 Å². The number of piperidine rings is 1. The van der Waals surface area contributed by atoms with Crippen LogP contribution < -0.4 is 5.32 Å². The number of thiophene rings is 1. The van der Waals surface area contributed by atoms with Crippen molar-refractivity contribution in [1.29, 1.82) is 0 Å². The van der Waals surface area contributed by atoms with Gasteiger partial charge in [-0.25, -0.2) is 9.97 Å². The highest BCUT2D eigenvalue weighted by atomic mass is 35.5. The van der Waals surface area contributed by atoms with Crippen molar-refractivity contribution in [2.24, 2.45) is 11.8 Å². The molecule has 0 spiro atoms. The third kappa shape index (κ3) is 3.73. The fourth-order valence-electron chi connectivity index (χ4n) is 5.20. The first-order valence-electron chi connectivity index (χ1n) is 11.6. The zero-order valence-corrected chi connectivity index (χ0v) is 20.6. The van der Waals surface area contributed by atoms with Gasteiger partial charge < -0.3 is 10.1 Å². The van der Waals surface area contributed by atoms with Gasteiger partial charge in [-0.05, 0) is 49.6 Å². The van der Waals surface area contributed by atoms with Crippen LogP contribution in [0.15, 0.2) is 24.5 Å². The number of benzene rings is 1. The van der Waals surface area contributed by atoms with E-state index in [4.69, 9.17) is 16.3 Å². The van der Waals surface area contributed by atoms with E-state index < -0.39 is 0 Å². The van der Waals surface area contributed by atoms with E-state index in [1.807, 2.05) is 18.2 Å². The van der Waals surface area contributed by atoms with Crippen LogP contribution >= 0.6 is 22.9 Å². The number of rotatable bonds is 5. The summed E-state index contributed by atoms with van der Waals surface area (Å²) in [6, 6.07) is 6.16. The molecule has 4 heterocycles. The minimum Gasteiger partial charge on any atom is -0.375 e. The number of morpholine rings is 1. The minimum atomic E-state index is -0.0897. The number of imide groups is 1. The highest BCUT2D eigenvalue weighted by Crippen LogP contribution is 2.48. The van der Waals surface area contributed by atoms with E-state index in [1.165, 1.54) is 16.2 Å². The number of aromatic nitrogens is 2. The van der Waals surface area contributed by atoms with E-state index in [9.17, 15) is 9.59 Å². The van der Waals surface area contributed by atoms with Crippen LogP contribution in [0.2, 0.25) is 5.02 Å². The monoisotopic (exact) mass is 496 g/mol. The van der Waals surface area contributed by atoms with Crippen molar-refractivity contribution in [1.82, 2.24) is 20.2 Å². The van der Waals surface area contributed by atoms with Crippen molar-refractivity contribution in [2.75, 3.05) is 13.2 Å². The molecule has 6 rings (SSSR count). The molecule has 0 radical (unpaired) electrons. The first-order valence-corrected chi connectivity index (χ1v) is 12.8. The molecule has 3 fully saturated rings. The maximum Gasteiger partial charge on any atom is 0.233 e. The Kier molecular flexibility index (Phi) is 5.44. The maximum atomic E-state index is 12.5. The van der Waals surface area contributed by atoms with Crippen LogP contribution in [0.5, 0.6) is 0 Å². The number of ether oxygens (including phenoxy) is 1. The molecule has 4 atom stereocenters. The normalized spacial score (nSPS) is 26.4. The number of hydrogen-bond donors (Lipinski definition) is 1. The third-order valence-electron chi connectivity index (χ3n) is 7.19. The average molecular weight is 497 g/mol. The van der Waals surface area contributed by atoms with Crippen molar-refractivity contribution in [2.45, 2.75) is 45.4 Å². The molecule has 2 saturated heterocycles. The Morgan fingerprint density at radius 3 is 2.76 bits per heavy atom. The quantitative estimate of drug-likeness (QED) is 0.542. The van der Waals surface area contributed by atoms with E-state index in [0.717, 1.165) is 50.4 Å². The SMILES string of the molecule is Cc1cc(Cl)cc(-c2ncnc3cc(CN4C(=O)C5CC5C4=O)sc23)c1C[C@H]1OCCN[C@@H]1C. The van der Waals surface area contributed by atoms with Gasteiger partial charge in [0.1, 0.15) is 6.33 Å². The van der Waals surface area contributed by atoms with E-state index in [2.05, 4.69) is 29.1 Å². The van der Waals surface area contributed by atoms with Gasteiger partial charge >= 0.3 is 0 Å². The lowest BCUT2D eigenvalue weighted by Crippen LogP contribution is -2.47. The molecule has 7 nitrogen and oxygen atoms in total. The largest absolute Gasteiger partial charge is 0.375 e. The van der Waals surface area contributed by atoms with E-state index in [0.29, 0.717) is 24.6 Å². The Hall–Kier alpha value is -2.39. The van der Waals surface area contributed by atoms with Crippen molar-refractivity contribution < 1.29 is 14.3 Å². The number of carbonyl (C=O) groups excluding carboxylic acids is 2. The number of nitrogens with one attached hydrogen (secondary N) is 1. The van der Waals surface area contributed by atoms with Crippen LogP contribution in [-0.2, 0) is 27.3 Å². The Bertz CT molecular complexity index is 1300. The predicted octanol–water partition coefficient (Wildman–Crippen LogP) is 3.74. The van der Waals surface area contributed by atoms with E-state index >= 15 is 0 Å². The standard InChI is InChI=1S/C25H25ClN4O3S/c1-12-5-14(26)6-17(16(12)9-21-13(2)27-3-4-33-21)22-23-20(28-11-29-22)7-15(34-23)10-30-24(31)18-8-19(18)25(30)32/h5-7,11,13,18-19,21,27H,3-4,8-10H2,1-2H3/t13-,18?,19?,21-/m1/s1. The van der Waals surface area contributed by atoms with Gasteiger partial charge in [-0.1, -0.05) is 11.6 Å². The number of likely N-dealkylation sites (tertiary alicyclic amines) is 1. The molecule has 2 unspecified atom stereocenters. The Labute approximate surface area is 206 Å². The van der Waals surface area contributed by atoms with Crippen molar-refractivity contribution >= 4 is 45.0 Å². The molecule has 2 amide bonds. The molecule has 2 aliphatic heterocycles. The Morgan fingerprint density at radius 2 is 2.00 bits per heavy atom. The summed E-state index contributed by atoms with van der Waals surface area (Å²) in [6.07, 6.45) is 3.08. The molecule has 1 saturated carbocycles. The van der Waals surface area contributed by atoms with E-state index in [1.54, 1.807) is 6.33 Å². The molecular weight excluding hydrogens is 472 g/mol. The summed E-state index contributed by atoms with van der Waals surface area (Å²) < 4.78 is 7.00. The Balaban J connectivity index is 1.38. The molecule has 34 heavy (non-hydrogen) atoms. The van der Waals surface area contributed by atoms with Crippen LogP contribution in [0.25, 0.3) is 21.5 Å². The second-order valence-corrected chi connectivity index (χ2v) is 11.0. The molecular formula is C25H25ClN4O3S. The lowest BCUT2D eigenvalue weighted by Gasteiger charge is -2.31. The van der Waals surface area contributed by atoms with Crippen molar-refractivity contribution in [3.05, 3.63) is 45.6 Å². The minimum absolute atomic E-state index is 0.0401. The van der Waals surface area contributed by atoms with Crippen LogP contribution in [0.3, 0.4) is 0 Å². The fourth-order valence-corrected chi connectivity index (χ4v) is 6.57. The molecule has 176 valence electrons. The first-order chi connectivity index (χ1) is 16.4. The zero-order valence-electron chi connectivity index (χ0n) is 19.0. The smallest absolute Gasteiger partial charge is 0.233 e. The average Bonchev–Trinajstić information content (AvgIpc) is 3.45. The molecule has 1 aliphatic carbocycles. The van der Waals surface area contributed by atoms with Crippen LogP contribution in [0, 0.1) is 18.8 Å². The summed E-state index contributed by atoms with van der Waals surface area (Å²) in [7, 11) is 0. The summed E-state index contributed by atoms with van der Waals surface area (Å²) in [5.41, 5.74) is 4.86. The number of aryl methyl sites for hydroxylation is 1. The Morgan fingerprint density at radius 1 is 1.21 bits per heavy atom. The topological polar surface area (TPSA) is 84.4 Å². The summed E-state index contributed by atoms with van der Waals surface area (Å²) in [4.78, 5) is 36.4. The van der Waals surface area contributed by atoms with Crippen LogP contribution in [0.1, 0.15) is 29.3 Å². The predicted molar refractivity (Wildman–Crippen MR) is 131 cm³/mol. The highest BCUT2D eigenvalue weighted by molar-refractivity contribution is 7.19. The number of nitrogens with zero attached hydrogens (tertiary/aromatic N) is 3. The molecule has 1 aromatic carbocycles. The molecule has 3 aromatic rings. The summed E-state index contributed by atoms with van der Waals surface area (Å²) >= 11 is 8.03. The lowest BCUT2D eigenvalue weighted by molar-refractivity contribution is -0.141. The molecule has 3 aliphatic rings. The third-order valence-corrected chi connectivity index (χ3v) is 8.52. The second-order valence-electron chi connectivity index (χ2n) is 9.47. The van der Waals surface area contributed by atoms with Gasteiger partial charge in [-0.15, -0.1) is 11.3 Å². The van der Waals surface area contributed by atoms with Gasteiger partial charge in [0.15, 0.2) is 0 Å². The first kappa shape index (κ1) is 22.1. The maximum absolute atomic E-state index is 12.5. The van der Waals surface area contributed by atoms with E-state index in [-0.39, 0.29) is 35.8 Å². The number of hydrogen-bond acceptors (Lipinski definition) is 7. The number of carbonyl (C=O) groups is 2. The van der Waals surface area contributed by atoms with Gasteiger partial charge in [-0.2, -0.15) is 0 Å².